The van der Waals surface area contributed by atoms with Crippen molar-refractivity contribution in [1.29, 1.82) is 0 Å². The van der Waals surface area contributed by atoms with Crippen LogP contribution in [0.25, 0.3) is 22.2 Å². The van der Waals surface area contributed by atoms with Gasteiger partial charge < -0.3 is 9.97 Å². The molecule has 18 heavy (non-hydrogen) atoms. The highest BCUT2D eigenvalue weighted by atomic mass is 14.9. The van der Waals surface area contributed by atoms with E-state index in [1.807, 2.05) is 12.1 Å². The van der Waals surface area contributed by atoms with Gasteiger partial charge in [-0.05, 0) is 30.3 Å². The number of nitrogens with zero attached hydrogens (tertiary/aromatic N) is 3. The molecule has 0 aromatic carbocycles. The van der Waals surface area contributed by atoms with Crippen molar-refractivity contribution in [2.24, 2.45) is 0 Å². The molecule has 0 saturated heterocycles. The highest BCUT2D eigenvalue weighted by molar-refractivity contribution is 5.74. The maximum Gasteiger partial charge on any atom is 0.177 e. The van der Waals surface area contributed by atoms with Crippen molar-refractivity contribution in [3.05, 3.63) is 55.1 Å². The molecule has 0 unspecified atom stereocenters. The van der Waals surface area contributed by atoms with E-state index >= 15 is 0 Å². The van der Waals surface area contributed by atoms with E-state index in [0.717, 1.165) is 11.2 Å². The summed E-state index contributed by atoms with van der Waals surface area (Å²) < 4.78 is 36.9. The molecule has 5 heteroatoms. The normalized spacial score (nSPS) is 14.1. The topological polar surface area (TPSA) is 70.2 Å². The van der Waals surface area contributed by atoms with E-state index in [1.165, 1.54) is 0 Å². The lowest BCUT2D eigenvalue weighted by Gasteiger charge is -1.82. The zero-order valence-corrected chi connectivity index (χ0v) is 9.15. The van der Waals surface area contributed by atoms with E-state index in [0.29, 0.717) is 0 Å². The van der Waals surface area contributed by atoms with Gasteiger partial charge in [-0.1, -0.05) is 0 Å². The van der Waals surface area contributed by atoms with Crippen LogP contribution in [-0.4, -0.2) is 24.9 Å². The Morgan fingerprint density at radius 3 is 3.06 bits per heavy atom. The summed E-state index contributed by atoms with van der Waals surface area (Å²) in [5.41, 5.74) is 1.92. The first kappa shape index (κ1) is 6.30. The largest absolute Gasteiger partial charge is 0.346 e. The Morgan fingerprint density at radius 2 is 2.11 bits per heavy atom. The number of hydrogen-bond donors (Lipinski definition) is 2. The first-order valence-corrected chi connectivity index (χ1v) is 5.15. The number of aromatic amines is 2. The Labute approximate surface area is 110 Å². The van der Waals surface area contributed by atoms with E-state index in [2.05, 4.69) is 24.9 Å². The summed E-state index contributed by atoms with van der Waals surface area (Å²) in [6.07, 6.45) is 2.90. The molecule has 0 aliphatic rings. The van der Waals surface area contributed by atoms with Crippen LogP contribution in [0, 0.1) is 0 Å². The van der Waals surface area contributed by atoms with Crippen molar-refractivity contribution >= 4 is 22.2 Å². The minimum absolute atomic E-state index is 0.135. The fourth-order valence-corrected chi connectivity index (χ4v) is 1.40. The van der Waals surface area contributed by atoms with Crippen molar-refractivity contribution in [2.45, 2.75) is 0 Å². The summed E-state index contributed by atoms with van der Waals surface area (Å²) >= 11 is 0. The standard InChI is InChI=1S/C7H6N2.C6H5N3/c1-2-6-3-5-9-7(6)8-4-1;1-2-5-6(7-3-1)9-4-8-5/h1-5H,(H,8,9);1-4H,(H,7,8,9)/i1D,2D,3D,4D,5D;. The van der Waals surface area contributed by atoms with Gasteiger partial charge in [0.15, 0.2) is 5.65 Å². The van der Waals surface area contributed by atoms with Crippen LogP contribution in [0.15, 0.2) is 55.1 Å². The lowest BCUT2D eigenvalue weighted by Crippen LogP contribution is -1.71. The molecule has 4 aromatic rings. The number of rotatable bonds is 0. The predicted molar refractivity (Wildman–Crippen MR) is 70.0 cm³/mol. The molecule has 0 amide bonds. The molecule has 5 nitrogen and oxygen atoms in total. The molecule has 0 aliphatic carbocycles. The molecule has 0 radical (unpaired) electrons. The van der Waals surface area contributed by atoms with Crippen LogP contribution in [-0.2, 0) is 0 Å². The van der Waals surface area contributed by atoms with Crippen molar-refractivity contribution in [3.8, 4) is 0 Å². The average Bonchev–Trinajstić information content (AvgIpc) is 3.11. The second kappa shape index (κ2) is 4.67. The molecule has 4 aromatic heterocycles. The lowest BCUT2D eigenvalue weighted by atomic mass is 10.3. The smallest absolute Gasteiger partial charge is 0.177 e. The maximum atomic E-state index is 7.51. The molecule has 0 saturated carbocycles. The zero-order chi connectivity index (χ0) is 16.6. The van der Waals surface area contributed by atoms with E-state index in [4.69, 9.17) is 6.85 Å². The van der Waals surface area contributed by atoms with Crippen LogP contribution in [0.4, 0.5) is 0 Å². The molecule has 0 atom stereocenters. The Kier molecular flexibility index (Phi) is 1.63. The van der Waals surface area contributed by atoms with Crippen LogP contribution in [0.2, 0.25) is 0 Å². The van der Waals surface area contributed by atoms with Gasteiger partial charge in [-0.2, -0.15) is 0 Å². The number of pyridine rings is 2. The van der Waals surface area contributed by atoms with Crippen molar-refractivity contribution in [3.63, 3.8) is 0 Å². The van der Waals surface area contributed by atoms with Gasteiger partial charge >= 0.3 is 0 Å². The van der Waals surface area contributed by atoms with Crippen molar-refractivity contribution in [1.82, 2.24) is 24.9 Å². The summed E-state index contributed by atoms with van der Waals surface area (Å²) in [6, 6.07) is 3.13. The van der Waals surface area contributed by atoms with Gasteiger partial charge in [0.2, 0.25) is 0 Å². The molecular weight excluding hydrogens is 226 g/mol. The highest BCUT2D eigenvalue weighted by Gasteiger charge is 1.90. The Bertz CT molecular complexity index is 963. The molecular formula is C13H11N5. The predicted octanol–water partition coefficient (Wildman–Crippen LogP) is 2.52. The van der Waals surface area contributed by atoms with E-state index in [9.17, 15) is 0 Å². The number of hydrogen-bond acceptors (Lipinski definition) is 3. The average molecular weight is 242 g/mol. The Balaban J connectivity index is 0.000000149. The minimum atomic E-state index is -0.316. The zero-order valence-electron chi connectivity index (χ0n) is 14.2. The second-order valence-corrected chi connectivity index (χ2v) is 3.35. The van der Waals surface area contributed by atoms with Gasteiger partial charge in [0, 0.05) is 23.9 Å². The summed E-state index contributed by atoms with van der Waals surface area (Å²) in [6.45, 7) is 0. The lowest BCUT2D eigenvalue weighted by molar-refractivity contribution is 1.30. The van der Waals surface area contributed by atoms with Gasteiger partial charge in [-0.3, -0.25) is 0 Å². The number of H-pyrrole nitrogens is 2. The van der Waals surface area contributed by atoms with Gasteiger partial charge in [-0.25, -0.2) is 15.0 Å². The molecule has 4 rings (SSSR count). The van der Waals surface area contributed by atoms with Crippen molar-refractivity contribution < 1.29 is 6.85 Å². The molecule has 4 heterocycles. The molecule has 0 spiro atoms. The van der Waals surface area contributed by atoms with Crippen LogP contribution in [0.1, 0.15) is 6.85 Å². The fraction of sp³-hybridized carbons (Fsp3) is 0. The van der Waals surface area contributed by atoms with Gasteiger partial charge in [0.05, 0.1) is 18.7 Å². The van der Waals surface area contributed by atoms with Crippen LogP contribution < -0.4 is 0 Å². The quantitative estimate of drug-likeness (QED) is 0.497. The van der Waals surface area contributed by atoms with Crippen LogP contribution in [0.5, 0.6) is 0 Å². The van der Waals surface area contributed by atoms with Gasteiger partial charge in [0.25, 0.3) is 0 Å². The monoisotopic (exact) mass is 242 g/mol. The molecule has 0 bridgehead atoms. The third-order valence-corrected chi connectivity index (χ3v) is 2.21. The number of aromatic nitrogens is 5. The van der Waals surface area contributed by atoms with E-state index < -0.39 is 0 Å². The summed E-state index contributed by atoms with van der Waals surface area (Å²) in [5.74, 6) is 0. The third kappa shape index (κ3) is 2.06. The van der Waals surface area contributed by atoms with E-state index in [-0.39, 0.29) is 41.5 Å². The summed E-state index contributed by atoms with van der Waals surface area (Å²) in [7, 11) is 0. The fourth-order valence-electron chi connectivity index (χ4n) is 1.40. The Hall–Kier alpha value is -2.69. The molecule has 0 aliphatic heterocycles. The van der Waals surface area contributed by atoms with Gasteiger partial charge in [0.1, 0.15) is 5.65 Å². The Morgan fingerprint density at radius 1 is 1.11 bits per heavy atom. The molecule has 0 fully saturated rings. The first-order chi connectivity index (χ1) is 11.0. The third-order valence-electron chi connectivity index (χ3n) is 2.21. The van der Waals surface area contributed by atoms with Crippen molar-refractivity contribution in [2.75, 3.05) is 0 Å². The minimum Gasteiger partial charge on any atom is -0.346 e. The molecule has 88 valence electrons. The first-order valence-electron chi connectivity index (χ1n) is 7.65. The van der Waals surface area contributed by atoms with E-state index in [1.54, 1.807) is 12.5 Å². The number of fused-ring (bicyclic) bond motifs is 2. The SMILES string of the molecule is [2H]c1nc2[nH]c([2H])c([2H])c2c([2H])c1[2H].c1cnc2nc[nH]c2c1. The van der Waals surface area contributed by atoms with Crippen LogP contribution in [0.3, 0.4) is 0 Å². The maximum absolute atomic E-state index is 7.51. The highest BCUT2D eigenvalue weighted by Crippen LogP contribution is 2.05. The summed E-state index contributed by atoms with van der Waals surface area (Å²) in [4.78, 5) is 17.1. The number of nitrogens with one attached hydrogen (secondary N) is 2. The van der Waals surface area contributed by atoms with Gasteiger partial charge in [-0.15, -0.1) is 0 Å². The summed E-state index contributed by atoms with van der Waals surface area (Å²) in [5, 5.41) is 0.135. The van der Waals surface area contributed by atoms with Crippen LogP contribution >= 0.6 is 0 Å². The number of imidazole rings is 1. The second-order valence-electron chi connectivity index (χ2n) is 3.35. The molecule has 2 N–H and O–H groups in total.